The van der Waals surface area contributed by atoms with Crippen LogP contribution in [-0.2, 0) is 11.3 Å². The summed E-state index contributed by atoms with van der Waals surface area (Å²) in [6, 6.07) is 8.84. The van der Waals surface area contributed by atoms with Crippen LogP contribution in [0.4, 0.5) is 0 Å². The quantitative estimate of drug-likeness (QED) is 0.710. The van der Waals surface area contributed by atoms with Crippen molar-refractivity contribution < 1.29 is 4.74 Å². The lowest BCUT2D eigenvalue weighted by atomic mass is 10.2. The van der Waals surface area contributed by atoms with Crippen LogP contribution < -0.4 is 5.32 Å². The largest absolute Gasteiger partial charge is 0.382 e. The van der Waals surface area contributed by atoms with E-state index in [4.69, 9.17) is 4.74 Å². The van der Waals surface area contributed by atoms with Crippen molar-refractivity contribution in [2.24, 2.45) is 0 Å². The lowest BCUT2D eigenvalue weighted by Gasteiger charge is -2.08. The van der Waals surface area contributed by atoms with Gasteiger partial charge in [0, 0.05) is 38.0 Å². The Morgan fingerprint density at radius 1 is 1.15 bits per heavy atom. The molecule has 3 heteroatoms. The topological polar surface area (TPSA) is 26.2 Å². The lowest BCUT2D eigenvalue weighted by Crippen LogP contribution is -2.21. The Labute approximate surface area is 121 Å². The molecule has 0 fully saturated rings. The van der Waals surface area contributed by atoms with Gasteiger partial charge in [-0.15, -0.1) is 0 Å². The van der Waals surface area contributed by atoms with Gasteiger partial charge in [-0.2, -0.15) is 0 Å². The maximum atomic E-state index is 5.32. The molecule has 0 atom stereocenters. The number of fused-ring (bicyclic) bond motifs is 1. The summed E-state index contributed by atoms with van der Waals surface area (Å²) in [5.41, 5.74) is 2.65. The van der Waals surface area contributed by atoms with Crippen LogP contribution in [0.2, 0.25) is 0 Å². The molecule has 0 saturated heterocycles. The third-order valence-corrected chi connectivity index (χ3v) is 3.55. The predicted molar refractivity (Wildman–Crippen MR) is 85.3 cm³/mol. The minimum Gasteiger partial charge on any atom is -0.382 e. The molecule has 1 heterocycles. The number of ether oxygens (including phenoxy) is 1. The smallest absolute Gasteiger partial charge is 0.0480 e. The van der Waals surface area contributed by atoms with Gasteiger partial charge < -0.3 is 14.6 Å². The second-order valence-electron chi connectivity index (χ2n) is 5.23. The maximum Gasteiger partial charge on any atom is 0.0480 e. The molecular formula is C17H26N2O. The van der Waals surface area contributed by atoms with Gasteiger partial charge in [-0.25, -0.2) is 0 Å². The Bertz CT molecular complexity index is 519. The molecular weight excluding hydrogens is 248 g/mol. The Kier molecular flexibility index (Phi) is 6.09. The molecule has 3 nitrogen and oxygen atoms in total. The first-order valence-electron chi connectivity index (χ1n) is 7.65. The third-order valence-electron chi connectivity index (χ3n) is 3.55. The normalized spacial score (nSPS) is 11.3. The number of nitrogens with one attached hydrogen (secondary N) is 1. The summed E-state index contributed by atoms with van der Waals surface area (Å²) in [5.74, 6) is 0. The van der Waals surface area contributed by atoms with Crippen molar-refractivity contribution in [1.29, 1.82) is 0 Å². The fourth-order valence-electron chi connectivity index (χ4n) is 2.44. The molecule has 0 bridgehead atoms. The van der Waals surface area contributed by atoms with Gasteiger partial charge in [0.15, 0.2) is 0 Å². The van der Waals surface area contributed by atoms with Crippen molar-refractivity contribution in [2.45, 2.75) is 33.2 Å². The molecule has 0 aliphatic carbocycles. The summed E-state index contributed by atoms with van der Waals surface area (Å²) in [6.45, 7) is 9.02. The standard InChI is InChI=1S/C17H26N2O/c1-3-20-13-5-4-9-18-10-12-19-11-8-16-14-15(2)6-7-17(16)19/h6-8,11,14,18H,3-5,9-10,12-13H2,1-2H3. The van der Waals surface area contributed by atoms with Gasteiger partial charge in [0.2, 0.25) is 0 Å². The molecule has 1 N–H and O–H groups in total. The number of hydrogen-bond donors (Lipinski definition) is 1. The fourth-order valence-corrected chi connectivity index (χ4v) is 2.44. The number of unbranched alkanes of at least 4 members (excludes halogenated alkanes) is 1. The summed E-state index contributed by atoms with van der Waals surface area (Å²) in [6.07, 6.45) is 4.51. The summed E-state index contributed by atoms with van der Waals surface area (Å²) in [7, 11) is 0. The number of aromatic nitrogens is 1. The molecule has 20 heavy (non-hydrogen) atoms. The van der Waals surface area contributed by atoms with Gasteiger partial charge in [0.1, 0.15) is 0 Å². The van der Waals surface area contributed by atoms with Crippen molar-refractivity contribution in [1.82, 2.24) is 9.88 Å². The van der Waals surface area contributed by atoms with E-state index in [2.05, 4.69) is 47.3 Å². The molecule has 1 aromatic heterocycles. The van der Waals surface area contributed by atoms with E-state index in [1.165, 1.54) is 22.9 Å². The molecule has 0 saturated carbocycles. The highest BCUT2D eigenvalue weighted by molar-refractivity contribution is 5.80. The number of hydrogen-bond acceptors (Lipinski definition) is 2. The summed E-state index contributed by atoms with van der Waals surface area (Å²) in [4.78, 5) is 0. The molecule has 0 radical (unpaired) electrons. The maximum absolute atomic E-state index is 5.32. The third kappa shape index (κ3) is 4.36. The fraction of sp³-hybridized carbons (Fsp3) is 0.529. The predicted octanol–water partition coefficient (Wildman–Crippen LogP) is 3.36. The summed E-state index contributed by atoms with van der Waals surface area (Å²) < 4.78 is 7.65. The zero-order valence-corrected chi connectivity index (χ0v) is 12.7. The average Bonchev–Trinajstić information content (AvgIpc) is 2.84. The van der Waals surface area contributed by atoms with Crippen LogP contribution in [0.15, 0.2) is 30.5 Å². The molecule has 1 aromatic carbocycles. The van der Waals surface area contributed by atoms with Gasteiger partial charge >= 0.3 is 0 Å². The zero-order chi connectivity index (χ0) is 14.2. The van der Waals surface area contributed by atoms with E-state index in [1.807, 2.05) is 6.92 Å². The van der Waals surface area contributed by atoms with Crippen LogP contribution >= 0.6 is 0 Å². The second kappa shape index (κ2) is 8.08. The summed E-state index contributed by atoms with van der Waals surface area (Å²) in [5, 5.41) is 4.84. The van der Waals surface area contributed by atoms with E-state index in [0.29, 0.717) is 0 Å². The van der Waals surface area contributed by atoms with E-state index < -0.39 is 0 Å². The van der Waals surface area contributed by atoms with Crippen molar-refractivity contribution in [3.63, 3.8) is 0 Å². The van der Waals surface area contributed by atoms with Crippen molar-refractivity contribution >= 4 is 10.9 Å². The number of rotatable bonds is 9. The minimum atomic E-state index is 0.827. The highest BCUT2D eigenvalue weighted by atomic mass is 16.5. The zero-order valence-electron chi connectivity index (χ0n) is 12.7. The minimum absolute atomic E-state index is 0.827. The van der Waals surface area contributed by atoms with Crippen LogP contribution in [0.1, 0.15) is 25.3 Å². The highest BCUT2D eigenvalue weighted by Gasteiger charge is 2.00. The molecule has 0 aliphatic heterocycles. The van der Waals surface area contributed by atoms with Crippen LogP contribution in [0.3, 0.4) is 0 Å². The molecule has 0 spiro atoms. The molecule has 0 amide bonds. The van der Waals surface area contributed by atoms with Crippen molar-refractivity contribution in [3.05, 3.63) is 36.0 Å². The van der Waals surface area contributed by atoms with Crippen LogP contribution in [-0.4, -0.2) is 30.9 Å². The SMILES string of the molecule is CCOCCCCNCCn1ccc2cc(C)ccc21. The Hall–Kier alpha value is -1.32. The van der Waals surface area contributed by atoms with Gasteiger partial charge in [0.25, 0.3) is 0 Å². The Morgan fingerprint density at radius 3 is 2.90 bits per heavy atom. The first-order valence-corrected chi connectivity index (χ1v) is 7.65. The van der Waals surface area contributed by atoms with E-state index in [9.17, 15) is 0 Å². The first-order chi connectivity index (χ1) is 9.81. The average molecular weight is 274 g/mol. The van der Waals surface area contributed by atoms with Crippen molar-refractivity contribution in [3.8, 4) is 0 Å². The number of nitrogens with zero attached hydrogens (tertiary/aromatic N) is 1. The highest BCUT2D eigenvalue weighted by Crippen LogP contribution is 2.16. The Balaban J connectivity index is 1.68. The van der Waals surface area contributed by atoms with Gasteiger partial charge in [-0.1, -0.05) is 11.6 Å². The van der Waals surface area contributed by atoms with Gasteiger partial charge in [0.05, 0.1) is 0 Å². The van der Waals surface area contributed by atoms with E-state index in [-0.39, 0.29) is 0 Å². The van der Waals surface area contributed by atoms with E-state index in [0.717, 1.165) is 39.3 Å². The summed E-state index contributed by atoms with van der Waals surface area (Å²) >= 11 is 0. The molecule has 2 rings (SSSR count). The van der Waals surface area contributed by atoms with Crippen molar-refractivity contribution in [2.75, 3.05) is 26.3 Å². The molecule has 0 unspecified atom stereocenters. The monoisotopic (exact) mass is 274 g/mol. The van der Waals surface area contributed by atoms with Gasteiger partial charge in [-0.3, -0.25) is 0 Å². The van der Waals surface area contributed by atoms with Crippen LogP contribution in [0.25, 0.3) is 10.9 Å². The Morgan fingerprint density at radius 2 is 2.05 bits per heavy atom. The van der Waals surface area contributed by atoms with Crippen LogP contribution in [0.5, 0.6) is 0 Å². The van der Waals surface area contributed by atoms with E-state index in [1.54, 1.807) is 0 Å². The van der Waals surface area contributed by atoms with E-state index >= 15 is 0 Å². The number of aryl methyl sites for hydroxylation is 1. The lowest BCUT2D eigenvalue weighted by molar-refractivity contribution is 0.143. The second-order valence-corrected chi connectivity index (χ2v) is 5.23. The van der Waals surface area contributed by atoms with Gasteiger partial charge in [-0.05, 0) is 56.8 Å². The van der Waals surface area contributed by atoms with Crippen LogP contribution in [0, 0.1) is 6.92 Å². The molecule has 0 aliphatic rings. The number of benzene rings is 1. The molecule has 110 valence electrons. The first kappa shape index (κ1) is 15.1. The molecule has 2 aromatic rings.